The number of carbonyl (C=O) groups excluding carboxylic acids is 1. The Morgan fingerprint density at radius 1 is 1.36 bits per heavy atom. The standard InChI is InChI=1S/C14H23N3O3S2/c1-15(2)14(18)13-9-16(8-12-4-7-21-11-12)5-6-17(10-13)22(3,19)20/h4,7,11,13H,5-6,8-10H2,1-3H3. The Morgan fingerprint density at radius 3 is 2.64 bits per heavy atom. The van der Waals surface area contributed by atoms with Crippen molar-refractivity contribution >= 4 is 27.3 Å². The zero-order chi connectivity index (χ0) is 16.3. The van der Waals surface area contributed by atoms with Crippen molar-refractivity contribution in [1.82, 2.24) is 14.1 Å². The third-order valence-corrected chi connectivity index (χ3v) is 5.82. The molecule has 124 valence electrons. The quantitative estimate of drug-likeness (QED) is 0.799. The molecule has 1 aliphatic rings. The summed E-state index contributed by atoms with van der Waals surface area (Å²) in [6.07, 6.45) is 1.21. The highest BCUT2D eigenvalue weighted by molar-refractivity contribution is 7.88. The van der Waals surface area contributed by atoms with Crippen LogP contribution in [0.25, 0.3) is 0 Å². The van der Waals surface area contributed by atoms with Gasteiger partial charge in [-0.15, -0.1) is 0 Å². The molecule has 0 saturated carbocycles. The van der Waals surface area contributed by atoms with Crippen molar-refractivity contribution in [2.75, 3.05) is 46.5 Å². The van der Waals surface area contributed by atoms with Crippen LogP contribution in [0, 0.1) is 5.92 Å². The summed E-state index contributed by atoms with van der Waals surface area (Å²) in [6.45, 7) is 2.66. The van der Waals surface area contributed by atoms with Gasteiger partial charge in [-0.05, 0) is 22.4 Å². The van der Waals surface area contributed by atoms with Crippen molar-refractivity contribution in [2.45, 2.75) is 6.54 Å². The van der Waals surface area contributed by atoms with Crippen LogP contribution in [0.1, 0.15) is 5.56 Å². The van der Waals surface area contributed by atoms with Crippen molar-refractivity contribution < 1.29 is 13.2 Å². The summed E-state index contributed by atoms with van der Waals surface area (Å²) in [5.74, 6) is -0.350. The van der Waals surface area contributed by atoms with E-state index in [0.29, 0.717) is 19.6 Å². The fourth-order valence-corrected chi connectivity index (χ4v) is 4.18. The molecule has 8 heteroatoms. The van der Waals surface area contributed by atoms with Crippen LogP contribution in [-0.4, -0.2) is 75.0 Å². The van der Waals surface area contributed by atoms with Gasteiger partial charge in [0.25, 0.3) is 0 Å². The van der Waals surface area contributed by atoms with Gasteiger partial charge in [0.05, 0.1) is 12.2 Å². The van der Waals surface area contributed by atoms with Gasteiger partial charge in [0.2, 0.25) is 15.9 Å². The zero-order valence-electron chi connectivity index (χ0n) is 13.2. The monoisotopic (exact) mass is 345 g/mol. The maximum Gasteiger partial charge on any atom is 0.227 e. The number of rotatable bonds is 4. The first-order chi connectivity index (χ1) is 10.3. The number of sulfonamides is 1. The van der Waals surface area contributed by atoms with Crippen LogP contribution in [0.3, 0.4) is 0 Å². The Balaban J connectivity index is 2.16. The Hall–Kier alpha value is -0.960. The fourth-order valence-electron chi connectivity index (χ4n) is 2.66. The highest BCUT2D eigenvalue weighted by Gasteiger charge is 2.32. The van der Waals surface area contributed by atoms with Gasteiger partial charge in [0.15, 0.2) is 0 Å². The van der Waals surface area contributed by atoms with Crippen LogP contribution < -0.4 is 0 Å². The molecule has 1 fully saturated rings. The lowest BCUT2D eigenvalue weighted by molar-refractivity contribution is -0.133. The number of hydrogen-bond acceptors (Lipinski definition) is 5. The van der Waals surface area contributed by atoms with E-state index in [4.69, 9.17) is 0 Å². The molecule has 2 heterocycles. The summed E-state index contributed by atoms with van der Waals surface area (Å²) in [4.78, 5) is 16.1. The molecule has 1 aromatic heterocycles. The molecule has 0 bridgehead atoms. The molecule has 1 saturated heterocycles. The van der Waals surface area contributed by atoms with E-state index in [1.165, 1.54) is 16.1 Å². The number of carbonyl (C=O) groups is 1. The maximum atomic E-state index is 12.4. The Morgan fingerprint density at radius 2 is 2.09 bits per heavy atom. The van der Waals surface area contributed by atoms with Gasteiger partial charge in [-0.3, -0.25) is 9.69 Å². The van der Waals surface area contributed by atoms with Crippen LogP contribution in [0.5, 0.6) is 0 Å². The second-order valence-electron chi connectivity index (χ2n) is 5.92. The topological polar surface area (TPSA) is 60.9 Å². The van der Waals surface area contributed by atoms with Crippen molar-refractivity contribution in [2.24, 2.45) is 5.92 Å². The molecular formula is C14H23N3O3S2. The molecule has 1 aromatic rings. The molecule has 1 aliphatic heterocycles. The normalized spacial score (nSPS) is 21.5. The molecule has 0 N–H and O–H groups in total. The van der Waals surface area contributed by atoms with Crippen molar-refractivity contribution in [3.8, 4) is 0 Å². The summed E-state index contributed by atoms with van der Waals surface area (Å²) in [5, 5.41) is 4.11. The van der Waals surface area contributed by atoms with Gasteiger partial charge < -0.3 is 4.90 Å². The second kappa shape index (κ2) is 7.08. The molecule has 1 unspecified atom stereocenters. The number of amides is 1. The summed E-state index contributed by atoms with van der Waals surface area (Å²) in [5.41, 5.74) is 1.20. The van der Waals surface area contributed by atoms with Gasteiger partial charge in [-0.25, -0.2) is 12.7 Å². The van der Waals surface area contributed by atoms with E-state index in [1.807, 2.05) is 5.38 Å². The Bertz CT molecular complexity index is 599. The number of hydrogen-bond donors (Lipinski definition) is 0. The molecule has 0 aliphatic carbocycles. The van der Waals surface area contributed by atoms with Gasteiger partial charge in [-0.2, -0.15) is 11.3 Å². The third kappa shape index (κ3) is 4.52. The first-order valence-electron chi connectivity index (χ1n) is 7.17. The molecule has 1 atom stereocenters. The van der Waals surface area contributed by atoms with Crippen LogP contribution in [0.4, 0.5) is 0 Å². The average Bonchev–Trinajstić information content (AvgIpc) is 2.82. The minimum absolute atomic E-state index is 0.0223. The molecule has 1 amide bonds. The van der Waals surface area contributed by atoms with E-state index in [0.717, 1.165) is 6.54 Å². The zero-order valence-corrected chi connectivity index (χ0v) is 14.9. The molecule has 0 radical (unpaired) electrons. The van der Waals surface area contributed by atoms with Gasteiger partial charge in [0, 0.05) is 46.8 Å². The Kier molecular flexibility index (Phi) is 5.60. The molecule has 0 aromatic carbocycles. The second-order valence-corrected chi connectivity index (χ2v) is 8.68. The predicted molar refractivity (Wildman–Crippen MR) is 88.2 cm³/mol. The van der Waals surface area contributed by atoms with Gasteiger partial charge in [-0.1, -0.05) is 0 Å². The van der Waals surface area contributed by atoms with E-state index < -0.39 is 10.0 Å². The highest BCUT2D eigenvalue weighted by atomic mass is 32.2. The van der Waals surface area contributed by atoms with Crippen molar-refractivity contribution in [1.29, 1.82) is 0 Å². The summed E-state index contributed by atoms with van der Waals surface area (Å²) < 4.78 is 25.2. The van der Waals surface area contributed by atoms with Crippen LogP contribution in [0.2, 0.25) is 0 Å². The first kappa shape index (κ1) is 17.4. The molecule has 2 rings (SSSR count). The number of nitrogens with zero attached hydrogens (tertiary/aromatic N) is 3. The van der Waals surface area contributed by atoms with Crippen LogP contribution in [0.15, 0.2) is 16.8 Å². The lowest BCUT2D eigenvalue weighted by atomic mass is 10.1. The SMILES string of the molecule is CN(C)C(=O)C1CN(Cc2ccsc2)CCN(S(C)(=O)=O)C1. The van der Waals surface area contributed by atoms with Crippen LogP contribution in [-0.2, 0) is 21.4 Å². The molecule has 0 spiro atoms. The lowest BCUT2D eigenvalue weighted by Crippen LogP contribution is -2.41. The summed E-state index contributed by atoms with van der Waals surface area (Å²) in [6, 6.07) is 2.06. The minimum atomic E-state index is -3.29. The highest BCUT2D eigenvalue weighted by Crippen LogP contribution is 2.17. The van der Waals surface area contributed by atoms with E-state index in [9.17, 15) is 13.2 Å². The number of thiophene rings is 1. The first-order valence-corrected chi connectivity index (χ1v) is 9.96. The Labute approximate surface area is 136 Å². The molecule has 22 heavy (non-hydrogen) atoms. The largest absolute Gasteiger partial charge is 0.348 e. The van der Waals surface area contributed by atoms with Crippen molar-refractivity contribution in [3.63, 3.8) is 0 Å². The van der Waals surface area contributed by atoms with Gasteiger partial charge in [0.1, 0.15) is 0 Å². The lowest BCUT2D eigenvalue weighted by Gasteiger charge is -2.25. The maximum absolute atomic E-state index is 12.4. The molecular weight excluding hydrogens is 322 g/mol. The minimum Gasteiger partial charge on any atom is -0.348 e. The van der Waals surface area contributed by atoms with E-state index in [1.54, 1.807) is 30.3 Å². The van der Waals surface area contributed by atoms with E-state index >= 15 is 0 Å². The summed E-state index contributed by atoms with van der Waals surface area (Å²) >= 11 is 1.64. The van der Waals surface area contributed by atoms with E-state index in [-0.39, 0.29) is 18.4 Å². The molecule has 6 nitrogen and oxygen atoms in total. The van der Waals surface area contributed by atoms with E-state index in [2.05, 4.69) is 16.3 Å². The summed E-state index contributed by atoms with van der Waals surface area (Å²) in [7, 11) is 0.130. The smallest absolute Gasteiger partial charge is 0.227 e. The fraction of sp³-hybridized carbons (Fsp3) is 0.643. The predicted octanol–water partition coefficient (Wildman–Crippen LogP) is 0.530. The van der Waals surface area contributed by atoms with Crippen molar-refractivity contribution in [3.05, 3.63) is 22.4 Å². The van der Waals surface area contributed by atoms with Crippen LogP contribution >= 0.6 is 11.3 Å². The average molecular weight is 345 g/mol. The third-order valence-electron chi connectivity index (χ3n) is 3.81. The van der Waals surface area contributed by atoms with Gasteiger partial charge >= 0.3 is 0 Å².